The van der Waals surface area contributed by atoms with Crippen LogP contribution in [0.2, 0.25) is 0 Å². The van der Waals surface area contributed by atoms with Gasteiger partial charge in [0.05, 0.1) is 13.7 Å². The Morgan fingerprint density at radius 2 is 1.96 bits per heavy atom. The van der Waals surface area contributed by atoms with Gasteiger partial charge in [-0.2, -0.15) is 4.31 Å². The molecule has 0 aromatic heterocycles. The first-order valence-corrected chi connectivity index (χ1v) is 10.8. The maximum Gasteiger partial charge on any atom is 0.247 e. The summed E-state index contributed by atoms with van der Waals surface area (Å²) in [5, 5.41) is 2.79. The Balaban J connectivity index is 2.38. The van der Waals surface area contributed by atoms with Crippen LogP contribution in [0.25, 0.3) is 0 Å². The Morgan fingerprint density at radius 1 is 1.27 bits per heavy atom. The molecule has 0 atom stereocenters. The summed E-state index contributed by atoms with van der Waals surface area (Å²) in [7, 11) is -2.38. The van der Waals surface area contributed by atoms with E-state index in [0.29, 0.717) is 12.3 Å². The topological polar surface area (TPSA) is 75.7 Å². The highest BCUT2D eigenvalue weighted by atomic mass is 32.2. The van der Waals surface area contributed by atoms with Gasteiger partial charge in [0.15, 0.2) is 0 Å². The summed E-state index contributed by atoms with van der Waals surface area (Å²) in [6.07, 6.45) is 5.47. The van der Waals surface area contributed by atoms with Crippen LogP contribution in [0.1, 0.15) is 51.0 Å². The van der Waals surface area contributed by atoms with Crippen molar-refractivity contribution < 1.29 is 17.9 Å². The molecule has 1 aromatic carbocycles. The highest BCUT2D eigenvalue weighted by Gasteiger charge is 2.35. The van der Waals surface area contributed by atoms with Crippen LogP contribution in [-0.4, -0.2) is 44.9 Å². The van der Waals surface area contributed by atoms with Crippen molar-refractivity contribution in [2.75, 3.05) is 20.2 Å². The number of methoxy groups -OCH3 is 1. The third-order valence-corrected chi connectivity index (χ3v) is 6.68. The smallest absolute Gasteiger partial charge is 0.247 e. The van der Waals surface area contributed by atoms with Gasteiger partial charge in [0.25, 0.3) is 0 Å². The molecule has 146 valence electrons. The quantitative estimate of drug-likeness (QED) is 0.750. The molecule has 26 heavy (non-hydrogen) atoms. The molecule has 0 saturated heterocycles. The zero-order valence-corrected chi connectivity index (χ0v) is 16.8. The zero-order chi connectivity index (χ0) is 19.2. The maximum absolute atomic E-state index is 13.4. The van der Waals surface area contributed by atoms with Crippen molar-refractivity contribution in [2.45, 2.75) is 63.3 Å². The van der Waals surface area contributed by atoms with E-state index in [9.17, 15) is 13.2 Å². The summed E-state index contributed by atoms with van der Waals surface area (Å²) < 4.78 is 33.5. The number of amides is 1. The molecular weight excluding hydrogens is 352 g/mol. The lowest BCUT2D eigenvalue weighted by Crippen LogP contribution is -2.47. The fraction of sp³-hybridized carbons (Fsp3) is 0.632. The second-order valence-corrected chi connectivity index (χ2v) is 8.71. The number of ether oxygens (including phenoxy) is 1. The van der Waals surface area contributed by atoms with E-state index in [1.807, 2.05) is 19.9 Å². The minimum absolute atomic E-state index is 0.133. The minimum Gasteiger partial charge on any atom is -0.495 e. The highest BCUT2D eigenvalue weighted by Crippen LogP contribution is 2.32. The molecule has 1 aliphatic carbocycles. The van der Waals surface area contributed by atoms with Crippen LogP contribution >= 0.6 is 0 Å². The van der Waals surface area contributed by atoms with E-state index in [1.165, 1.54) is 11.4 Å². The number of benzene rings is 1. The molecule has 1 saturated carbocycles. The van der Waals surface area contributed by atoms with Crippen molar-refractivity contribution in [3.8, 4) is 5.75 Å². The third kappa shape index (κ3) is 4.98. The van der Waals surface area contributed by atoms with Crippen LogP contribution in [0.15, 0.2) is 23.1 Å². The van der Waals surface area contributed by atoms with E-state index in [4.69, 9.17) is 4.74 Å². The van der Waals surface area contributed by atoms with Crippen LogP contribution in [0.5, 0.6) is 5.75 Å². The van der Waals surface area contributed by atoms with Crippen LogP contribution < -0.4 is 10.1 Å². The molecule has 1 aliphatic rings. The first kappa shape index (κ1) is 20.7. The number of hydrogen-bond acceptors (Lipinski definition) is 4. The van der Waals surface area contributed by atoms with Gasteiger partial charge in [-0.15, -0.1) is 0 Å². The molecule has 6 nitrogen and oxygen atoms in total. The molecule has 1 fully saturated rings. The molecule has 0 heterocycles. The molecule has 1 aromatic rings. The predicted molar refractivity (Wildman–Crippen MR) is 102 cm³/mol. The number of carbonyl (C=O) groups excluding carboxylic acids is 1. The van der Waals surface area contributed by atoms with Gasteiger partial charge in [0.1, 0.15) is 10.6 Å². The number of hydrogen-bond donors (Lipinski definition) is 1. The predicted octanol–water partition coefficient (Wildman–Crippen LogP) is 2.85. The average molecular weight is 383 g/mol. The van der Waals surface area contributed by atoms with Gasteiger partial charge in [0, 0.05) is 12.6 Å². The largest absolute Gasteiger partial charge is 0.495 e. The third-order valence-electron chi connectivity index (χ3n) is 4.76. The van der Waals surface area contributed by atoms with Crippen LogP contribution in [0.3, 0.4) is 0 Å². The van der Waals surface area contributed by atoms with Crippen molar-refractivity contribution >= 4 is 15.9 Å². The molecule has 1 amide bonds. The molecular formula is C19H30N2O4S. The highest BCUT2D eigenvalue weighted by molar-refractivity contribution is 7.89. The molecule has 0 bridgehead atoms. The molecule has 7 heteroatoms. The van der Waals surface area contributed by atoms with Crippen LogP contribution in [-0.2, 0) is 14.8 Å². The van der Waals surface area contributed by atoms with E-state index in [0.717, 1.165) is 44.1 Å². The lowest BCUT2D eigenvalue weighted by Gasteiger charge is -2.33. The van der Waals surface area contributed by atoms with Gasteiger partial charge in [-0.25, -0.2) is 8.42 Å². The lowest BCUT2D eigenvalue weighted by molar-refractivity contribution is -0.121. The second kappa shape index (κ2) is 9.37. The van der Waals surface area contributed by atoms with Crippen molar-refractivity contribution in [2.24, 2.45) is 0 Å². The number of nitrogens with zero attached hydrogens (tertiary/aromatic N) is 1. The summed E-state index contributed by atoms with van der Waals surface area (Å²) >= 11 is 0. The number of rotatable bonds is 8. The van der Waals surface area contributed by atoms with Crippen molar-refractivity contribution in [1.29, 1.82) is 0 Å². The van der Waals surface area contributed by atoms with Crippen LogP contribution in [0, 0.1) is 6.92 Å². The summed E-state index contributed by atoms with van der Waals surface area (Å²) in [4.78, 5) is 12.4. The fourth-order valence-electron chi connectivity index (χ4n) is 3.35. The summed E-state index contributed by atoms with van der Waals surface area (Å²) in [5.74, 6) is 0.0537. The van der Waals surface area contributed by atoms with E-state index in [1.54, 1.807) is 12.1 Å². The van der Waals surface area contributed by atoms with Gasteiger partial charge in [0.2, 0.25) is 15.9 Å². The summed E-state index contributed by atoms with van der Waals surface area (Å²) in [5.41, 5.74) is 0.836. The summed E-state index contributed by atoms with van der Waals surface area (Å²) in [6, 6.07) is 4.95. The molecule has 0 unspecified atom stereocenters. The number of nitrogens with one attached hydrogen (secondary N) is 1. The number of sulfonamides is 1. The normalized spacial score (nSPS) is 15.8. The van der Waals surface area contributed by atoms with E-state index >= 15 is 0 Å². The first-order valence-electron chi connectivity index (χ1n) is 9.33. The van der Waals surface area contributed by atoms with Crippen molar-refractivity contribution in [1.82, 2.24) is 9.62 Å². The average Bonchev–Trinajstić information content (AvgIpc) is 2.65. The van der Waals surface area contributed by atoms with Gasteiger partial charge in [-0.1, -0.05) is 32.3 Å². The SMILES string of the molecule is CCCNC(=O)CN(C1CCCCC1)S(=O)(=O)c1cc(C)ccc1OC. The van der Waals surface area contributed by atoms with Crippen molar-refractivity contribution in [3.63, 3.8) is 0 Å². The Morgan fingerprint density at radius 3 is 2.58 bits per heavy atom. The molecule has 0 aliphatic heterocycles. The second-order valence-electron chi connectivity index (χ2n) is 6.85. The first-order chi connectivity index (χ1) is 12.4. The van der Waals surface area contributed by atoms with Crippen molar-refractivity contribution in [3.05, 3.63) is 23.8 Å². The molecule has 2 rings (SSSR count). The van der Waals surface area contributed by atoms with E-state index in [2.05, 4.69) is 5.32 Å². The van der Waals surface area contributed by atoms with E-state index in [-0.39, 0.29) is 23.4 Å². The van der Waals surface area contributed by atoms with Gasteiger partial charge in [-0.05, 0) is 43.9 Å². The summed E-state index contributed by atoms with van der Waals surface area (Å²) in [6.45, 7) is 4.21. The van der Waals surface area contributed by atoms with Gasteiger partial charge < -0.3 is 10.1 Å². The van der Waals surface area contributed by atoms with Gasteiger partial charge in [-0.3, -0.25) is 4.79 Å². The molecule has 1 N–H and O–H groups in total. The monoisotopic (exact) mass is 382 g/mol. The minimum atomic E-state index is -3.84. The Hall–Kier alpha value is -1.60. The maximum atomic E-state index is 13.4. The molecule has 0 spiro atoms. The lowest BCUT2D eigenvalue weighted by atomic mass is 9.95. The van der Waals surface area contributed by atoms with Crippen LogP contribution in [0.4, 0.5) is 0 Å². The van der Waals surface area contributed by atoms with Gasteiger partial charge >= 0.3 is 0 Å². The fourth-order valence-corrected chi connectivity index (χ4v) is 5.24. The Kier molecular flexibility index (Phi) is 7.46. The zero-order valence-electron chi connectivity index (χ0n) is 16.0. The number of aryl methyl sites for hydroxylation is 1. The Labute approximate surface area is 157 Å². The molecule has 0 radical (unpaired) electrons. The number of carbonyl (C=O) groups is 1. The Bertz CT molecular complexity index is 712. The standard InChI is InChI=1S/C19H30N2O4S/c1-4-12-20-19(22)14-21(16-8-6-5-7-9-16)26(23,24)18-13-15(2)10-11-17(18)25-3/h10-11,13,16H,4-9,12,14H2,1-3H3,(H,20,22). The van der Waals surface area contributed by atoms with E-state index < -0.39 is 10.0 Å².